The summed E-state index contributed by atoms with van der Waals surface area (Å²) in [6.07, 6.45) is -10.0. The van der Waals surface area contributed by atoms with Crippen LogP contribution in [0.15, 0.2) is 11.1 Å². The maximum absolute atomic E-state index is 14.3. The van der Waals surface area contributed by atoms with Gasteiger partial charge in [-0.1, -0.05) is 34.6 Å². The van der Waals surface area contributed by atoms with Crippen molar-refractivity contribution >= 4 is 23.8 Å². The molecule has 16 heteroatoms. The number of fused-ring (bicyclic) bond motifs is 5. The molecule has 2 saturated carbocycles. The number of aliphatic hydroxyl groups is 5. The van der Waals surface area contributed by atoms with E-state index in [-0.39, 0.29) is 119 Å². The van der Waals surface area contributed by atoms with E-state index in [1.807, 2.05) is 0 Å². The van der Waals surface area contributed by atoms with E-state index in [0.717, 1.165) is 6.92 Å². The van der Waals surface area contributed by atoms with Gasteiger partial charge in [-0.05, 0) is 37.3 Å². The Morgan fingerprint density at radius 3 is 2.19 bits per heavy atom. The number of carbonyl (C=O) groups is 4. The molecule has 1 amide bonds. The second-order valence-corrected chi connectivity index (χ2v) is 14.4. The van der Waals surface area contributed by atoms with Crippen molar-refractivity contribution in [2.75, 3.05) is 13.2 Å². The molecule has 3 fully saturated rings. The largest absolute Gasteiger partial charge is 0.459 e. The maximum Gasteiger partial charge on any atom is 0.407 e. The van der Waals surface area contributed by atoms with Crippen LogP contribution in [0.25, 0.3) is 0 Å². The molecule has 4 rings (SSSR count). The zero-order chi connectivity index (χ0) is 34.7. The zero-order valence-electron chi connectivity index (χ0n) is 28.9. The van der Waals surface area contributed by atoms with E-state index >= 15 is 0 Å². The molecule has 1 unspecified atom stereocenters. The Bertz CT molecular complexity index is 1290. The van der Waals surface area contributed by atoms with Gasteiger partial charge in [-0.2, -0.15) is 0 Å². The van der Waals surface area contributed by atoms with Crippen molar-refractivity contribution in [3.63, 3.8) is 0 Å². The number of rotatable bonds is 8. The molecule has 4 aliphatic rings. The van der Waals surface area contributed by atoms with Gasteiger partial charge in [0.25, 0.3) is 0 Å². The Morgan fingerprint density at radius 2 is 1.69 bits per heavy atom. The third-order valence-corrected chi connectivity index (χ3v) is 10.9. The van der Waals surface area contributed by atoms with Gasteiger partial charge in [-0.3, -0.25) is 9.59 Å². The number of ether oxygens (including phenoxy) is 4. The van der Waals surface area contributed by atoms with Crippen LogP contribution in [-0.2, 0) is 33.3 Å². The van der Waals surface area contributed by atoms with E-state index < -0.39 is 107 Å². The number of hydrogen-bond donors (Lipinski definition) is 6. The van der Waals surface area contributed by atoms with Crippen molar-refractivity contribution in [2.24, 2.45) is 22.7 Å². The first-order valence-electron chi connectivity index (χ1n) is 15.9. The first kappa shape index (κ1) is 44.4. The van der Waals surface area contributed by atoms with Crippen LogP contribution in [-0.4, -0.2) is 116 Å². The molecule has 1 aliphatic heterocycles. The van der Waals surface area contributed by atoms with Gasteiger partial charge in [0.2, 0.25) is 0 Å². The number of esters is 2. The first-order valence-corrected chi connectivity index (χ1v) is 15.9. The fourth-order valence-electron chi connectivity index (χ4n) is 8.14. The monoisotopic (exact) mass is 1110 g/mol. The minimum Gasteiger partial charge on any atom is -0.459 e. The molecular weight excluding hydrogens is 1060 g/mol. The summed E-state index contributed by atoms with van der Waals surface area (Å²) >= 11 is 0. The van der Waals surface area contributed by atoms with Crippen molar-refractivity contribution < 1.29 is 152 Å². The van der Waals surface area contributed by atoms with Crippen LogP contribution in [0.4, 0.5) is 4.79 Å². The molecule has 2 bridgehead atoms. The van der Waals surface area contributed by atoms with Crippen LogP contribution in [0.3, 0.4) is 0 Å². The number of hydrogen-bond acceptors (Lipinski definition) is 13. The summed E-state index contributed by atoms with van der Waals surface area (Å²) in [5.74, 6) is -4.76. The average Bonchev–Trinajstić information content (AvgIpc) is 2.96. The van der Waals surface area contributed by atoms with Crippen LogP contribution in [0.1, 0.15) is 74.7 Å². The van der Waals surface area contributed by atoms with Crippen LogP contribution in [0.5, 0.6) is 0 Å². The van der Waals surface area contributed by atoms with Crippen molar-refractivity contribution in [2.45, 2.75) is 129 Å². The number of carbonyl (C=O) groups excluding carboxylic acids is 4. The van der Waals surface area contributed by atoms with Gasteiger partial charge >= 0.3 is 18.0 Å². The normalized spacial score (nSPS) is 37.8. The van der Waals surface area contributed by atoms with Crippen LogP contribution >= 0.6 is 0 Å². The molecule has 6 N–H and O–H groups in total. The summed E-state index contributed by atoms with van der Waals surface area (Å²) in [5, 5.41) is 61.3. The number of Topliss-reactive ketones (excluding diaryl/α,β-unsaturated/α-hetero) is 1. The van der Waals surface area contributed by atoms with Gasteiger partial charge < -0.3 is 49.8 Å². The summed E-state index contributed by atoms with van der Waals surface area (Å²) in [5.41, 5.74) is -7.24. The molecule has 3 aliphatic carbocycles. The van der Waals surface area contributed by atoms with Gasteiger partial charge in [-0.15, -0.1) is 0 Å². The van der Waals surface area contributed by atoms with Gasteiger partial charge in [0, 0.05) is 119 Å². The number of aliphatic hydroxyl groups excluding tert-OH is 3. The fraction of sp³-hybridized carbons (Fsp3) is 0.812. The van der Waals surface area contributed by atoms with Crippen molar-refractivity contribution in [3.05, 3.63) is 11.1 Å². The van der Waals surface area contributed by atoms with E-state index in [0.29, 0.717) is 6.42 Å². The van der Waals surface area contributed by atoms with Gasteiger partial charge in [0.05, 0.1) is 36.9 Å². The first-order chi connectivity index (χ1) is 21.2. The third-order valence-electron chi connectivity index (χ3n) is 10.9. The van der Waals surface area contributed by atoms with Crippen LogP contribution in [0.2, 0.25) is 0 Å². The van der Waals surface area contributed by atoms with Crippen molar-refractivity contribution in [1.82, 2.24) is 5.32 Å². The van der Waals surface area contributed by atoms with Gasteiger partial charge in [0.15, 0.2) is 11.9 Å². The molecule has 266 valence electrons. The molecule has 0 aromatic heterocycles. The van der Waals surface area contributed by atoms with Crippen molar-refractivity contribution in [3.8, 4) is 0 Å². The Hall–Kier alpha value is 0.263. The molecule has 0 aromatic rings. The van der Waals surface area contributed by atoms with E-state index in [1.165, 1.54) is 13.8 Å². The summed E-state index contributed by atoms with van der Waals surface area (Å²) in [6.45, 7) is 12.1. The molecule has 48 heavy (non-hydrogen) atoms. The van der Waals surface area contributed by atoms with Crippen molar-refractivity contribution in [1.29, 1.82) is 0 Å². The smallest absolute Gasteiger partial charge is 0.407 e. The number of ketones is 1. The van der Waals surface area contributed by atoms with Gasteiger partial charge in [-0.25, -0.2) is 9.59 Å². The van der Waals surface area contributed by atoms with E-state index in [2.05, 4.69) is 5.32 Å². The fourth-order valence-corrected chi connectivity index (χ4v) is 8.14. The Balaban J connectivity index is 0.00000400. The minimum atomic E-state index is -2.20. The Labute approximate surface area is 352 Å². The molecule has 2 radical (unpaired) electrons. The molecule has 0 spiro atoms. The van der Waals surface area contributed by atoms with Crippen LogP contribution in [0, 0.1) is 111 Å². The summed E-state index contributed by atoms with van der Waals surface area (Å²) < 4.78 is 22.1. The molecule has 14 nitrogen and oxygen atoms in total. The molecular formula is C32H49Ac2NO13. The van der Waals surface area contributed by atoms with E-state index in [4.69, 9.17) is 18.9 Å². The van der Waals surface area contributed by atoms with E-state index in [9.17, 15) is 44.7 Å². The number of nitrogens with one attached hydrogen (secondary N) is 1. The quantitative estimate of drug-likeness (QED) is 0.110. The number of amides is 1. The minimum absolute atomic E-state index is 0. The molecule has 11 atom stereocenters. The number of alkyl carbamates (subject to hydrolysis) is 1. The second kappa shape index (κ2) is 16.1. The summed E-state index contributed by atoms with van der Waals surface area (Å²) in [6, 6.07) is -1.12. The molecule has 0 aromatic carbocycles. The Kier molecular flexibility index (Phi) is 14.9. The second-order valence-electron chi connectivity index (χ2n) is 14.4. The average molecular weight is 1110 g/mol. The molecule has 1 saturated heterocycles. The van der Waals surface area contributed by atoms with Crippen LogP contribution < -0.4 is 5.32 Å². The zero-order valence-corrected chi connectivity index (χ0v) is 38.4. The summed E-state index contributed by atoms with van der Waals surface area (Å²) in [4.78, 5) is 52.6. The topological polar surface area (TPSA) is 218 Å². The third kappa shape index (κ3) is 7.26. The maximum atomic E-state index is 14.3. The standard InChI is InChI=1S/C32H49NO13.2Ac/c1-9-10-43-28(40)33-21(14(2)3)23(37)27(39)46-17-12-32(42)26(45-16(5)34)24-30(8,18(35)11-19-31(24,41)13-44-19)25(38)22(36)20(15(17)4)29(32,6)7;;/h14,17-19,21-24,26,35-37,41-42H,9-13H2,1-8H3,(H,33,40);;/t17?,18-,19+,21-,22+,23+,24-,26-,30+,31-,32+;;/m0../s1. The van der Waals surface area contributed by atoms with Gasteiger partial charge in [0.1, 0.15) is 29.5 Å². The SMILES string of the molecule is CCCOC(=O)N[C@@H](C(C)C)[C@@H](O)C(=O)OC1C[C@@]2(O)[C@@H](OC(C)=O)[C@@H]3[C@]4(O)CO[C@@H]4C[C@H](O)[C@@]3(C)C(=O)[C@H](O)C(=C1C)C2(C)C.[Ac].[Ac]. The summed E-state index contributed by atoms with van der Waals surface area (Å²) in [7, 11) is 0. The predicted octanol–water partition coefficient (Wildman–Crippen LogP) is 0.290. The molecule has 1 heterocycles. The predicted molar refractivity (Wildman–Crippen MR) is 159 cm³/mol. The Morgan fingerprint density at radius 1 is 1.08 bits per heavy atom. The van der Waals surface area contributed by atoms with E-state index in [1.54, 1.807) is 34.6 Å².